The van der Waals surface area contributed by atoms with Gasteiger partial charge in [0, 0.05) is 13.0 Å². The fourth-order valence-electron chi connectivity index (χ4n) is 3.26. The van der Waals surface area contributed by atoms with Gasteiger partial charge >= 0.3 is 5.97 Å². The molecule has 0 aliphatic carbocycles. The molecule has 0 aromatic rings. The van der Waals surface area contributed by atoms with E-state index in [-0.39, 0.29) is 44.1 Å². The molecule has 0 aromatic carbocycles. The molecule has 0 aliphatic heterocycles. The van der Waals surface area contributed by atoms with Crippen LogP contribution in [0.3, 0.4) is 0 Å². The van der Waals surface area contributed by atoms with Gasteiger partial charge in [0.2, 0.25) is 23.6 Å². The van der Waals surface area contributed by atoms with Gasteiger partial charge in [0.05, 0.1) is 6.04 Å². The van der Waals surface area contributed by atoms with Crippen molar-refractivity contribution in [1.82, 2.24) is 16.0 Å². The Bertz CT molecular complexity index is 806. The van der Waals surface area contributed by atoms with Crippen LogP contribution >= 0.6 is 11.8 Å². The molecule has 0 radical (unpaired) electrons. The van der Waals surface area contributed by atoms with Crippen molar-refractivity contribution in [1.29, 1.82) is 0 Å². The van der Waals surface area contributed by atoms with E-state index in [2.05, 4.69) is 20.9 Å². The van der Waals surface area contributed by atoms with Crippen molar-refractivity contribution in [3.05, 3.63) is 0 Å². The summed E-state index contributed by atoms with van der Waals surface area (Å²) in [6.07, 6.45) is 2.47. The van der Waals surface area contributed by atoms with Crippen molar-refractivity contribution in [2.24, 2.45) is 33.8 Å². The number of carbonyl (C=O) groups is 5. The number of carboxylic acid groups (broad SMARTS) is 1. The molecule has 0 saturated carbocycles. The number of hydrogen-bond donors (Lipinski definition) is 8. The first-order chi connectivity index (χ1) is 17.3. The molecule has 0 spiro atoms. The van der Waals surface area contributed by atoms with Crippen LogP contribution in [0.15, 0.2) is 4.99 Å². The molecule has 0 bridgehead atoms. The highest BCUT2D eigenvalue weighted by atomic mass is 32.2. The Hall–Kier alpha value is -3.07. The number of aliphatic carboxylic acids is 1. The molecule has 15 heteroatoms. The van der Waals surface area contributed by atoms with Crippen LogP contribution in [0.5, 0.6) is 0 Å². The third kappa shape index (κ3) is 15.6. The van der Waals surface area contributed by atoms with E-state index in [0.717, 1.165) is 0 Å². The van der Waals surface area contributed by atoms with Gasteiger partial charge in [-0.3, -0.25) is 24.2 Å². The van der Waals surface area contributed by atoms with Crippen LogP contribution in [0, 0.1) is 5.92 Å². The maximum atomic E-state index is 13.0. The lowest BCUT2D eigenvalue weighted by Crippen LogP contribution is -2.57. The summed E-state index contributed by atoms with van der Waals surface area (Å²) in [6.45, 7) is 3.98. The van der Waals surface area contributed by atoms with Gasteiger partial charge < -0.3 is 44.0 Å². The minimum atomic E-state index is -1.25. The molecule has 0 fully saturated rings. The van der Waals surface area contributed by atoms with Crippen molar-refractivity contribution in [3.8, 4) is 0 Å². The molecule has 0 saturated heterocycles. The summed E-state index contributed by atoms with van der Waals surface area (Å²) in [5.74, 6) is -3.41. The Morgan fingerprint density at radius 1 is 0.865 bits per heavy atom. The van der Waals surface area contributed by atoms with Gasteiger partial charge in [-0.25, -0.2) is 4.79 Å². The molecule has 212 valence electrons. The molecule has 4 amide bonds. The maximum Gasteiger partial charge on any atom is 0.326 e. The number of guanidine groups is 1. The zero-order valence-electron chi connectivity index (χ0n) is 21.7. The average Bonchev–Trinajstić information content (AvgIpc) is 2.79. The van der Waals surface area contributed by atoms with Crippen molar-refractivity contribution in [3.63, 3.8) is 0 Å². The Balaban J connectivity index is 5.49. The second kappa shape index (κ2) is 18.2. The first-order valence-electron chi connectivity index (χ1n) is 12.0. The number of nitrogens with zero attached hydrogens (tertiary/aromatic N) is 1. The maximum absolute atomic E-state index is 13.0. The Labute approximate surface area is 221 Å². The zero-order chi connectivity index (χ0) is 28.5. The van der Waals surface area contributed by atoms with Gasteiger partial charge in [-0.2, -0.15) is 11.8 Å². The SMILES string of the molecule is CSCCC(NC(=O)C(CCC(N)=O)NC(=O)C(N)CC(C)C)C(=O)NC(CCCN=C(N)N)C(=O)O. The minimum Gasteiger partial charge on any atom is -0.480 e. The summed E-state index contributed by atoms with van der Waals surface area (Å²) in [7, 11) is 0. The van der Waals surface area contributed by atoms with Crippen LogP contribution in [0.2, 0.25) is 0 Å². The summed E-state index contributed by atoms with van der Waals surface area (Å²) in [5.41, 5.74) is 21.6. The third-order valence-corrected chi connectivity index (χ3v) is 5.82. The fourth-order valence-corrected chi connectivity index (χ4v) is 3.73. The molecular weight excluding hydrogens is 504 g/mol. The summed E-state index contributed by atoms with van der Waals surface area (Å²) in [4.78, 5) is 65.2. The van der Waals surface area contributed by atoms with Crippen LogP contribution in [-0.4, -0.2) is 83.4 Å². The average molecular weight is 547 g/mol. The third-order valence-electron chi connectivity index (χ3n) is 5.18. The number of hydrogen-bond acceptors (Lipinski definition) is 8. The monoisotopic (exact) mass is 546 g/mol. The zero-order valence-corrected chi connectivity index (χ0v) is 22.5. The van der Waals surface area contributed by atoms with Gasteiger partial charge in [-0.15, -0.1) is 0 Å². The van der Waals surface area contributed by atoms with Crippen molar-refractivity contribution in [2.45, 2.75) is 76.5 Å². The summed E-state index contributed by atoms with van der Waals surface area (Å²) in [5, 5.41) is 17.0. The predicted octanol–water partition coefficient (Wildman–Crippen LogP) is -2.03. The highest BCUT2D eigenvalue weighted by Crippen LogP contribution is 2.08. The fraction of sp³-hybridized carbons (Fsp3) is 0.727. The van der Waals surface area contributed by atoms with Crippen molar-refractivity contribution >= 4 is 47.3 Å². The number of carbonyl (C=O) groups excluding carboxylic acids is 4. The van der Waals surface area contributed by atoms with Crippen LogP contribution < -0.4 is 38.9 Å². The Morgan fingerprint density at radius 3 is 1.89 bits per heavy atom. The number of amides is 4. The number of thioether (sulfide) groups is 1. The molecule has 12 N–H and O–H groups in total. The molecular formula is C22H42N8O6S. The predicted molar refractivity (Wildman–Crippen MR) is 142 cm³/mol. The lowest BCUT2D eigenvalue weighted by molar-refractivity contribution is -0.142. The van der Waals surface area contributed by atoms with Gasteiger partial charge in [0.25, 0.3) is 0 Å². The second-order valence-electron chi connectivity index (χ2n) is 8.99. The van der Waals surface area contributed by atoms with Crippen LogP contribution in [0.4, 0.5) is 0 Å². The van der Waals surface area contributed by atoms with Crippen LogP contribution in [0.25, 0.3) is 0 Å². The number of carboxylic acids is 1. The van der Waals surface area contributed by atoms with Gasteiger partial charge in [0.1, 0.15) is 18.1 Å². The molecule has 0 heterocycles. The molecule has 0 aliphatic rings. The summed E-state index contributed by atoms with van der Waals surface area (Å²) < 4.78 is 0. The molecule has 37 heavy (non-hydrogen) atoms. The van der Waals surface area contributed by atoms with E-state index < -0.39 is 53.8 Å². The first kappa shape index (κ1) is 33.9. The lowest BCUT2D eigenvalue weighted by Gasteiger charge is -2.25. The normalized spacial score (nSPS) is 14.1. The summed E-state index contributed by atoms with van der Waals surface area (Å²) in [6, 6.07) is -4.35. The number of nitrogens with two attached hydrogens (primary N) is 4. The largest absolute Gasteiger partial charge is 0.480 e. The topological polar surface area (TPSA) is 258 Å². The van der Waals surface area contributed by atoms with E-state index in [4.69, 9.17) is 22.9 Å². The number of rotatable bonds is 19. The molecule has 0 rings (SSSR count). The van der Waals surface area contributed by atoms with E-state index in [1.54, 1.807) is 0 Å². The first-order valence-corrected chi connectivity index (χ1v) is 13.4. The van der Waals surface area contributed by atoms with Crippen LogP contribution in [0.1, 0.15) is 52.4 Å². The standard InChI is InChI=1S/C22H42N8O6S/c1-12(2)11-13(23)18(32)28-14(6-7-17(24)31)19(33)29-15(8-10-37-3)20(34)30-16(21(35)36)5-4-9-27-22(25)26/h12-16H,4-11,23H2,1-3H3,(H2,24,31)(H,28,32)(H,29,33)(H,30,34)(H,35,36)(H4,25,26,27). The van der Waals surface area contributed by atoms with E-state index in [9.17, 15) is 29.1 Å². The highest BCUT2D eigenvalue weighted by molar-refractivity contribution is 7.98. The van der Waals surface area contributed by atoms with Crippen molar-refractivity contribution in [2.75, 3.05) is 18.6 Å². The number of nitrogens with one attached hydrogen (secondary N) is 3. The van der Waals surface area contributed by atoms with E-state index in [1.165, 1.54) is 11.8 Å². The molecule has 4 atom stereocenters. The smallest absolute Gasteiger partial charge is 0.326 e. The highest BCUT2D eigenvalue weighted by Gasteiger charge is 2.30. The molecule has 14 nitrogen and oxygen atoms in total. The Morgan fingerprint density at radius 2 is 1.41 bits per heavy atom. The van der Waals surface area contributed by atoms with Gasteiger partial charge in [-0.1, -0.05) is 13.8 Å². The van der Waals surface area contributed by atoms with E-state index in [1.807, 2.05) is 20.1 Å². The lowest BCUT2D eigenvalue weighted by atomic mass is 10.0. The minimum absolute atomic E-state index is 0.0616. The molecule has 4 unspecified atom stereocenters. The quantitative estimate of drug-likeness (QED) is 0.0500. The van der Waals surface area contributed by atoms with Crippen molar-refractivity contribution < 1.29 is 29.1 Å². The molecule has 0 aromatic heterocycles. The number of primary amides is 1. The Kier molecular flexibility index (Phi) is 16.7. The van der Waals surface area contributed by atoms with Gasteiger partial charge in [0.15, 0.2) is 5.96 Å². The van der Waals surface area contributed by atoms with Gasteiger partial charge in [-0.05, 0) is 50.0 Å². The van der Waals surface area contributed by atoms with E-state index in [0.29, 0.717) is 18.6 Å². The van der Waals surface area contributed by atoms with Crippen LogP contribution in [-0.2, 0) is 24.0 Å². The number of aliphatic imine (C=N–C) groups is 1. The second-order valence-corrected chi connectivity index (χ2v) is 9.98. The van der Waals surface area contributed by atoms with E-state index >= 15 is 0 Å². The summed E-state index contributed by atoms with van der Waals surface area (Å²) >= 11 is 1.43.